The number of hydrogen-bond donors (Lipinski definition) is 1. The zero-order valence-corrected chi connectivity index (χ0v) is 13.2. The fourth-order valence-corrected chi connectivity index (χ4v) is 4.84. The van der Waals surface area contributed by atoms with E-state index in [2.05, 4.69) is 16.5 Å². The normalized spacial score (nSPS) is 18.1. The lowest BCUT2D eigenvalue weighted by Gasteiger charge is -2.22. The molecule has 1 aromatic heterocycles. The van der Waals surface area contributed by atoms with Gasteiger partial charge in [0.2, 0.25) is 0 Å². The topological polar surface area (TPSA) is 53.6 Å². The van der Waals surface area contributed by atoms with Crippen LogP contribution >= 0.6 is 23.5 Å². The van der Waals surface area contributed by atoms with Gasteiger partial charge in [0.1, 0.15) is 17.5 Å². The summed E-state index contributed by atoms with van der Waals surface area (Å²) in [5.74, 6) is 4.41. The molecule has 0 amide bonds. The molecule has 1 N–H and O–H groups in total. The van der Waals surface area contributed by atoms with Gasteiger partial charge in [-0.05, 0) is 12.1 Å². The van der Waals surface area contributed by atoms with Gasteiger partial charge in [0, 0.05) is 29.1 Å². The molecule has 0 radical (unpaired) electrons. The first kappa shape index (κ1) is 14.4. The Labute approximate surface area is 132 Å². The fourth-order valence-electron chi connectivity index (χ4n) is 2.23. The van der Waals surface area contributed by atoms with E-state index in [0.717, 1.165) is 18.1 Å². The summed E-state index contributed by atoms with van der Waals surface area (Å²) in [5, 5.41) is 17.6. The SMILES string of the molecule is N#Cc1cnn(-c2ccccc2)c1NCC1CSCCS1. The third-order valence-electron chi connectivity index (χ3n) is 3.27. The summed E-state index contributed by atoms with van der Waals surface area (Å²) in [6, 6.07) is 12.1. The van der Waals surface area contributed by atoms with E-state index in [0.29, 0.717) is 10.8 Å². The van der Waals surface area contributed by atoms with Gasteiger partial charge in [-0.25, -0.2) is 4.68 Å². The Hall–Kier alpha value is -1.58. The van der Waals surface area contributed by atoms with E-state index in [1.54, 1.807) is 10.9 Å². The summed E-state index contributed by atoms with van der Waals surface area (Å²) in [5.41, 5.74) is 1.56. The van der Waals surface area contributed by atoms with Crippen LogP contribution < -0.4 is 5.32 Å². The van der Waals surface area contributed by atoms with Gasteiger partial charge in [-0.3, -0.25) is 0 Å². The van der Waals surface area contributed by atoms with Gasteiger partial charge in [-0.2, -0.15) is 33.9 Å². The van der Waals surface area contributed by atoms with E-state index in [4.69, 9.17) is 0 Å². The van der Waals surface area contributed by atoms with Crippen molar-refractivity contribution in [3.05, 3.63) is 42.1 Å². The third-order valence-corrected chi connectivity index (χ3v) is 6.12. The summed E-state index contributed by atoms with van der Waals surface area (Å²) in [4.78, 5) is 0. The molecule has 0 aliphatic carbocycles. The molecule has 108 valence electrons. The lowest BCUT2D eigenvalue weighted by molar-refractivity contribution is 0.869. The number of aromatic nitrogens is 2. The maximum atomic E-state index is 9.26. The zero-order valence-electron chi connectivity index (χ0n) is 11.5. The molecular weight excluding hydrogens is 300 g/mol. The van der Waals surface area contributed by atoms with E-state index < -0.39 is 0 Å². The molecule has 1 aliphatic heterocycles. The minimum Gasteiger partial charge on any atom is -0.368 e. The van der Waals surface area contributed by atoms with Gasteiger partial charge >= 0.3 is 0 Å². The molecule has 0 saturated carbocycles. The van der Waals surface area contributed by atoms with Gasteiger partial charge in [0.05, 0.1) is 11.9 Å². The predicted octanol–water partition coefficient (Wildman–Crippen LogP) is 3.00. The van der Waals surface area contributed by atoms with Crippen LogP contribution in [0.25, 0.3) is 5.69 Å². The van der Waals surface area contributed by atoms with E-state index >= 15 is 0 Å². The Kier molecular flexibility index (Phi) is 4.73. The van der Waals surface area contributed by atoms with Gasteiger partial charge in [0.15, 0.2) is 0 Å². The smallest absolute Gasteiger partial charge is 0.147 e. The van der Waals surface area contributed by atoms with E-state index in [9.17, 15) is 5.26 Å². The highest BCUT2D eigenvalue weighted by molar-refractivity contribution is 8.06. The molecule has 1 aromatic carbocycles. The number of anilines is 1. The number of rotatable bonds is 4. The van der Waals surface area contributed by atoms with Crippen molar-refractivity contribution < 1.29 is 0 Å². The lowest BCUT2D eigenvalue weighted by Crippen LogP contribution is -2.24. The average molecular weight is 316 g/mol. The van der Waals surface area contributed by atoms with Crippen molar-refractivity contribution in [1.29, 1.82) is 5.26 Å². The van der Waals surface area contributed by atoms with Gasteiger partial charge in [-0.15, -0.1) is 0 Å². The minimum atomic E-state index is 0.590. The maximum Gasteiger partial charge on any atom is 0.147 e. The van der Waals surface area contributed by atoms with Crippen LogP contribution in [0, 0.1) is 11.3 Å². The Morgan fingerprint density at radius 3 is 2.90 bits per heavy atom. The summed E-state index contributed by atoms with van der Waals surface area (Å²) in [6.45, 7) is 0.866. The highest BCUT2D eigenvalue weighted by atomic mass is 32.2. The van der Waals surface area contributed by atoms with E-state index in [-0.39, 0.29) is 0 Å². The van der Waals surface area contributed by atoms with Gasteiger partial charge in [0.25, 0.3) is 0 Å². The number of nitrogens with zero attached hydrogens (tertiary/aromatic N) is 3. The van der Waals surface area contributed by atoms with Crippen LogP contribution in [0.5, 0.6) is 0 Å². The van der Waals surface area contributed by atoms with Crippen LogP contribution in [0.2, 0.25) is 0 Å². The number of nitriles is 1. The summed E-state index contributed by atoms with van der Waals surface area (Å²) in [6.07, 6.45) is 1.62. The highest BCUT2D eigenvalue weighted by Crippen LogP contribution is 2.25. The van der Waals surface area contributed by atoms with Crippen molar-refractivity contribution in [2.24, 2.45) is 0 Å². The standard InChI is InChI=1S/C15H16N4S2/c16-8-12-9-18-19(13-4-2-1-3-5-13)15(12)17-10-14-11-20-6-7-21-14/h1-5,9,14,17H,6-7,10-11H2. The van der Waals surface area contributed by atoms with Gasteiger partial charge < -0.3 is 5.32 Å². The largest absolute Gasteiger partial charge is 0.368 e. The number of hydrogen-bond acceptors (Lipinski definition) is 5. The molecule has 0 spiro atoms. The first-order valence-corrected chi connectivity index (χ1v) is 9.05. The first-order valence-electron chi connectivity index (χ1n) is 6.85. The van der Waals surface area contributed by atoms with Crippen molar-refractivity contribution >= 4 is 29.3 Å². The highest BCUT2D eigenvalue weighted by Gasteiger charge is 2.17. The molecule has 1 aliphatic rings. The molecule has 21 heavy (non-hydrogen) atoms. The predicted molar refractivity (Wildman–Crippen MR) is 90.3 cm³/mol. The summed E-state index contributed by atoms with van der Waals surface area (Å²) >= 11 is 4.01. The Morgan fingerprint density at radius 1 is 1.33 bits per heavy atom. The second-order valence-corrected chi connectivity index (χ2v) is 7.27. The van der Waals surface area contributed by atoms with Gasteiger partial charge in [-0.1, -0.05) is 18.2 Å². The molecule has 1 fully saturated rings. The van der Waals surface area contributed by atoms with Crippen LogP contribution in [0.3, 0.4) is 0 Å². The Morgan fingerprint density at radius 2 is 2.19 bits per heavy atom. The molecule has 0 bridgehead atoms. The number of benzene rings is 1. The number of thioether (sulfide) groups is 2. The summed E-state index contributed by atoms with van der Waals surface area (Å²) in [7, 11) is 0. The third kappa shape index (κ3) is 3.36. The molecular formula is C15H16N4S2. The second-order valence-electron chi connectivity index (χ2n) is 4.71. The van der Waals surface area contributed by atoms with Crippen LogP contribution in [0.15, 0.2) is 36.5 Å². The first-order chi connectivity index (χ1) is 10.4. The van der Waals surface area contributed by atoms with Crippen LogP contribution in [-0.4, -0.2) is 38.8 Å². The number of nitrogens with one attached hydrogen (secondary N) is 1. The van der Waals surface area contributed by atoms with Crippen molar-refractivity contribution in [3.63, 3.8) is 0 Å². The van der Waals surface area contributed by atoms with E-state index in [1.165, 1.54) is 17.3 Å². The molecule has 2 heterocycles. The summed E-state index contributed by atoms with van der Waals surface area (Å²) < 4.78 is 1.80. The van der Waals surface area contributed by atoms with E-state index in [1.807, 2.05) is 53.9 Å². The van der Waals surface area contributed by atoms with Crippen molar-refractivity contribution in [2.45, 2.75) is 5.25 Å². The van der Waals surface area contributed by atoms with Crippen molar-refractivity contribution in [1.82, 2.24) is 9.78 Å². The Balaban J connectivity index is 1.80. The molecule has 2 aromatic rings. The molecule has 4 nitrogen and oxygen atoms in total. The molecule has 6 heteroatoms. The zero-order chi connectivity index (χ0) is 14.5. The van der Waals surface area contributed by atoms with Crippen LogP contribution in [-0.2, 0) is 0 Å². The molecule has 3 rings (SSSR count). The van der Waals surface area contributed by atoms with Crippen molar-refractivity contribution in [3.8, 4) is 11.8 Å². The Bertz CT molecular complexity index is 627. The van der Waals surface area contributed by atoms with Crippen LogP contribution in [0.1, 0.15) is 5.56 Å². The van der Waals surface area contributed by atoms with Crippen LogP contribution in [0.4, 0.5) is 5.82 Å². The van der Waals surface area contributed by atoms with Crippen molar-refractivity contribution in [2.75, 3.05) is 29.1 Å². The minimum absolute atomic E-state index is 0.590. The lowest BCUT2D eigenvalue weighted by atomic mass is 10.3. The molecule has 1 atom stereocenters. The maximum absolute atomic E-state index is 9.26. The second kappa shape index (κ2) is 6.92. The fraction of sp³-hybridized carbons (Fsp3) is 0.333. The average Bonchev–Trinajstić information content (AvgIpc) is 2.97. The monoisotopic (exact) mass is 316 g/mol. The molecule has 1 unspecified atom stereocenters. The number of para-hydroxylation sites is 1. The molecule has 1 saturated heterocycles. The quantitative estimate of drug-likeness (QED) is 0.940.